The molecule has 0 aromatic heterocycles. The van der Waals surface area contributed by atoms with E-state index in [9.17, 15) is 14.4 Å². The standard InChI is InChI=1S/C22H23ClN2O4/c1-4-5-14-6-9-16(10-7-14)22(2)20(27)25(21(28)24-22)13-18(26)15-8-11-19(29-3)17(23)12-15/h6-12H,4-5,13H2,1-3H3,(H,24,28)/t22-/m0/s1. The molecule has 2 aromatic rings. The van der Waals surface area contributed by atoms with E-state index in [1.54, 1.807) is 19.1 Å². The maximum atomic E-state index is 13.0. The fourth-order valence-electron chi connectivity index (χ4n) is 3.40. The number of ketones is 1. The monoisotopic (exact) mass is 414 g/mol. The maximum absolute atomic E-state index is 13.0. The van der Waals surface area contributed by atoms with E-state index in [4.69, 9.17) is 16.3 Å². The molecular formula is C22H23ClN2O4. The smallest absolute Gasteiger partial charge is 0.325 e. The number of aryl methyl sites for hydroxylation is 1. The Hall–Kier alpha value is -2.86. The van der Waals surface area contributed by atoms with Crippen molar-refractivity contribution in [2.75, 3.05) is 13.7 Å². The van der Waals surface area contributed by atoms with Crippen LogP contribution in [-0.2, 0) is 16.8 Å². The van der Waals surface area contributed by atoms with Crippen molar-refractivity contribution in [3.63, 3.8) is 0 Å². The minimum Gasteiger partial charge on any atom is -0.495 e. The van der Waals surface area contributed by atoms with Crippen molar-refractivity contribution in [1.29, 1.82) is 0 Å². The van der Waals surface area contributed by atoms with Crippen molar-refractivity contribution in [3.05, 3.63) is 64.2 Å². The van der Waals surface area contributed by atoms with Crippen molar-refractivity contribution in [1.82, 2.24) is 10.2 Å². The van der Waals surface area contributed by atoms with E-state index in [1.807, 2.05) is 24.3 Å². The van der Waals surface area contributed by atoms with Gasteiger partial charge in [-0.1, -0.05) is 49.2 Å². The number of nitrogens with one attached hydrogen (secondary N) is 1. The van der Waals surface area contributed by atoms with Crippen LogP contribution in [0.3, 0.4) is 0 Å². The normalized spacial score (nSPS) is 18.7. The summed E-state index contributed by atoms with van der Waals surface area (Å²) in [6, 6.07) is 11.6. The van der Waals surface area contributed by atoms with Gasteiger partial charge in [0, 0.05) is 5.56 Å². The van der Waals surface area contributed by atoms with E-state index in [2.05, 4.69) is 12.2 Å². The highest BCUT2D eigenvalue weighted by Gasteiger charge is 2.49. The summed E-state index contributed by atoms with van der Waals surface area (Å²) in [6.45, 7) is 3.38. The number of benzene rings is 2. The first kappa shape index (κ1) is 20.9. The Balaban J connectivity index is 1.79. The zero-order chi connectivity index (χ0) is 21.2. The lowest BCUT2D eigenvalue weighted by Crippen LogP contribution is -2.41. The van der Waals surface area contributed by atoms with Crippen molar-refractivity contribution in [3.8, 4) is 5.75 Å². The van der Waals surface area contributed by atoms with Gasteiger partial charge in [0.25, 0.3) is 5.91 Å². The van der Waals surface area contributed by atoms with Crippen LogP contribution in [0.25, 0.3) is 0 Å². The summed E-state index contributed by atoms with van der Waals surface area (Å²) in [5.74, 6) is -0.406. The molecule has 1 aliphatic rings. The molecule has 0 radical (unpaired) electrons. The van der Waals surface area contributed by atoms with Gasteiger partial charge in [-0.25, -0.2) is 4.79 Å². The molecule has 1 heterocycles. The van der Waals surface area contributed by atoms with E-state index in [0.717, 1.165) is 17.7 Å². The first-order chi connectivity index (χ1) is 13.8. The second-order valence-electron chi connectivity index (χ2n) is 7.17. The molecule has 7 heteroatoms. The third-order valence-corrected chi connectivity index (χ3v) is 5.42. The van der Waals surface area contributed by atoms with Gasteiger partial charge in [0.15, 0.2) is 5.78 Å². The lowest BCUT2D eigenvalue weighted by Gasteiger charge is -2.22. The minimum absolute atomic E-state index is 0.285. The Morgan fingerprint density at radius 1 is 1.17 bits per heavy atom. The van der Waals surface area contributed by atoms with Crippen LogP contribution in [-0.4, -0.2) is 36.3 Å². The molecule has 1 aliphatic heterocycles. The zero-order valence-corrected chi connectivity index (χ0v) is 17.4. The summed E-state index contributed by atoms with van der Waals surface area (Å²) in [4.78, 5) is 39.1. The fourth-order valence-corrected chi connectivity index (χ4v) is 3.66. The van der Waals surface area contributed by atoms with Gasteiger partial charge >= 0.3 is 6.03 Å². The van der Waals surface area contributed by atoms with Crippen molar-refractivity contribution in [2.45, 2.75) is 32.2 Å². The molecule has 0 aliphatic carbocycles. The van der Waals surface area contributed by atoms with Crippen LogP contribution in [0.2, 0.25) is 5.02 Å². The second kappa shape index (κ2) is 8.25. The Bertz CT molecular complexity index is 958. The summed E-state index contributed by atoms with van der Waals surface area (Å²) in [6.07, 6.45) is 1.97. The number of carbonyl (C=O) groups excluding carboxylic acids is 3. The highest BCUT2D eigenvalue weighted by atomic mass is 35.5. The molecule has 29 heavy (non-hydrogen) atoms. The number of ether oxygens (including phenoxy) is 1. The molecule has 6 nitrogen and oxygen atoms in total. The molecule has 2 aromatic carbocycles. The van der Waals surface area contributed by atoms with E-state index in [0.29, 0.717) is 16.9 Å². The summed E-state index contributed by atoms with van der Waals surface area (Å²) in [5, 5.41) is 3.01. The highest BCUT2D eigenvalue weighted by molar-refractivity contribution is 6.32. The average Bonchev–Trinajstić information content (AvgIpc) is 2.92. The summed E-state index contributed by atoms with van der Waals surface area (Å²) >= 11 is 6.07. The first-order valence-electron chi connectivity index (χ1n) is 9.40. The fraction of sp³-hybridized carbons (Fsp3) is 0.318. The topological polar surface area (TPSA) is 75.7 Å². The molecule has 1 fully saturated rings. The summed E-state index contributed by atoms with van der Waals surface area (Å²) in [5.41, 5.74) is 0.937. The molecule has 1 N–H and O–H groups in total. The Labute approximate surface area is 174 Å². The predicted molar refractivity (Wildman–Crippen MR) is 110 cm³/mol. The van der Waals surface area contributed by atoms with Crippen molar-refractivity contribution >= 4 is 29.3 Å². The van der Waals surface area contributed by atoms with Gasteiger partial charge in [-0.3, -0.25) is 14.5 Å². The average molecular weight is 415 g/mol. The molecule has 152 valence electrons. The van der Waals surface area contributed by atoms with Crippen LogP contribution in [0.1, 0.15) is 41.8 Å². The number of Topliss-reactive ketones (excluding diaryl/α,β-unsaturated/α-hetero) is 1. The minimum atomic E-state index is -1.21. The lowest BCUT2D eigenvalue weighted by molar-refractivity contribution is -0.130. The number of halogens is 1. The van der Waals surface area contributed by atoms with Crippen LogP contribution in [0.4, 0.5) is 4.79 Å². The van der Waals surface area contributed by atoms with Gasteiger partial charge in [-0.2, -0.15) is 0 Å². The van der Waals surface area contributed by atoms with E-state index >= 15 is 0 Å². The van der Waals surface area contributed by atoms with Crippen LogP contribution >= 0.6 is 11.6 Å². The van der Waals surface area contributed by atoms with Gasteiger partial charge in [-0.15, -0.1) is 0 Å². The summed E-state index contributed by atoms with van der Waals surface area (Å²) in [7, 11) is 1.48. The van der Waals surface area contributed by atoms with Gasteiger partial charge < -0.3 is 10.1 Å². The van der Waals surface area contributed by atoms with Crippen LogP contribution < -0.4 is 10.1 Å². The molecule has 3 amide bonds. The van der Waals surface area contributed by atoms with Crippen LogP contribution in [0.15, 0.2) is 42.5 Å². The molecule has 0 saturated carbocycles. The molecular weight excluding hydrogens is 392 g/mol. The lowest BCUT2D eigenvalue weighted by atomic mass is 9.91. The number of urea groups is 1. The van der Waals surface area contributed by atoms with Gasteiger partial charge in [0.1, 0.15) is 11.3 Å². The third kappa shape index (κ3) is 3.98. The first-order valence-corrected chi connectivity index (χ1v) is 9.78. The Morgan fingerprint density at radius 2 is 1.86 bits per heavy atom. The maximum Gasteiger partial charge on any atom is 0.325 e. The van der Waals surface area contributed by atoms with Crippen molar-refractivity contribution < 1.29 is 19.1 Å². The SMILES string of the molecule is CCCc1ccc([C@]2(C)NC(=O)N(CC(=O)c3ccc(OC)c(Cl)c3)C2=O)cc1. The van der Waals surface area contributed by atoms with E-state index in [-0.39, 0.29) is 17.4 Å². The molecule has 0 unspecified atom stereocenters. The number of nitrogens with zero attached hydrogens (tertiary/aromatic N) is 1. The largest absolute Gasteiger partial charge is 0.495 e. The number of imide groups is 1. The number of hydrogen-bond donors (Lipinski definition) is 1. The van der Waals surface area contributed by atoms with Gasteiger partial charge in [0.05, 0.1) is 18.7 Å². The van der Waals surface area contributed by atoms with Crippen LogP contribution in [0.5, 0.6) is 5.75 Å². The second-order valence-corrected chi connectivity index (χ2v) is 7.57. The molecule has 0 spiro atoms. The number of methoxy groups -OCH3 is 1. The molecule has 1 saturated heterocycles. The number of hydrogen-bond acceptors (Lipinski definition) is 4. The van der Waals surface area contributed by atoms with Crippen molar-refractivity contribution in [2.24, 2.45) is 0 Å². The van der Waals surface area contributed by atoms with Gasteiger partial charge in [0.2, 0.25) is 0 Å². The number of amides is 3. The number of rotatable bonds is 7. The zero-order valence-electron chi connectivity index (χ0n) is 16.6. The highest BCUT2D eigenvalue weighted by Crippen LogP contribution is 2.30. The quantitative estimate of drug-likeness (QED) is 0.549. The Kier molecular flexibility index (Phi) is 5.94. The van der Waals surface area contributed by atoms with E-state index in [1.165, 1.54) is 18.7 Å². The molecule has 1 atom stereocenters. The molecule has 0 bridgehead atoms. The Morgan fingerprint density at radius 3 is 2.45 bits per heavy atom. The van der Waals surface area contributed by atoms with Crippen LogP contribution in [0, 0.1) is 0 Å². The third-order valence-electron chi connectivity index (χ3n) is 5.12. The molecule has 3 rings (SSSR count). The summed E-state index contributed by atoms with van der Waals surface area (Å²) < 4.78 is 5.08. The number of carbonyl (C=O) groups is 3. The predicted octanol–water partition coefficient (Wildman–Crippen LogP) is 3.95. The van der Waals surface area contributed by atoms with E-state index < -0.39 is 17.5 Å². The van der Waals surface area contributed by atoms with Gasteiger partial charge in [-0.05, 0) is 42.7 Å².